The van der Waals surface area contributed by atoms with Gasteiger partial charge in [0.2, 0.25) is 5.91 Å². The number of hydrogen-bond donors (Lipinski definition) is 1. The highest BCUT2D eigenvalue weighted by molar-refractivity contribution is 7.99. The minimum absolute atomic E-state index is 0.0202. The first kappa shape index (κ1) is 20.7. The minimum atomic E-state index is -0.0202. The first-order chi connectivity index (χ1) is 14.6. The summed E-state index contributed by atoms with van der Waals surface area (Å²) < 4.78 is 2.27. The molecular formula is C24H28N4OS. The van der Waals surface area contributed by atoms with E-state index >= 15 is 0 Å². The molecule has 1 aliphatic carbocycles. The van der Waals surface area contributed by atoms with Crippen LogP contribution in [0.5, 0.6) is 0 Å². The molecule has 1 aliphatic rings. The van der Waals surface area contributed by atoms with Crippen molar-refractivity contribution >= 4 is 23.4 Å². The van der Waals surface area contributed by atoms with Gasteiger partial charge >= 0.3 is 0 Å². The maximum atomic E-state index is 12.6. The second-order valence-corrected chi connectivity index (χ2v) is 8.86. The van der Waals surface area contributed by atoms with Crippen molar-refractivity contribution in [3.63, 3.8) is 0 Å². The first-order valence-electron chi connectivity index (χ1n) is 10.6. The molecule has 4 rings (SSSR count). The second kappa shape index (κ2) is 9.47. The van der Waals surface area contributed by atoms with Gasteiger partial charge in [-0.05, 0) is 43.9 Å². The van der Waals surface area contributed by atoms with Crippen LogP contribution in [-0.4, -0.2) is 26.4 Å². The van der Waals surface area contributed by atoms with Crippen molar-refractivity contribution < 1.29 is 4.79 Å². The van der Waals surface area contributed by atoms with Crippen LogP contribution in [0.2, 0.25) is 0 Å². The number of rotatable bonds is 6. The maximum absolute atomic E-state index is 12.6. The SMILES string of the molecule is Cc1cccc(NC(=O)CSc2nnc(-c3ccccc3)n2C2CCCCC2)c1C. The zero-order chi connectivity index (χ0) is 20.9. The Hall–Kier alpha value is -2.60. The molecule has 0 spiro atoms. The number of benzene rings is 2. The van der Waals surface area contributed by atoms with E-state index in [0.29, 0.717) is 11.8 Å². The van der Waals surface area contributed by atoms with E-state index in [0.717, 1.165) is 40.6 Å². The molecule has 1 fully saturated rings. The minimum Gasteiger partial charge on any atom is -0.325 e. The zero-order valence-electron chi connectivity index (χ0n) is 17.6. The van der Waals surface area contributed by atoms with E-state index in [4.69, 9.17) is 0 Å². The number of nitrogens with zero attached hydrogens (tertiary/aromatic N) is 3. The van der Waals surface area contributed by atoms with Crippen molar-refractivity contribution in [2.45, 2.75) is 57.1 Å². The quantitative estimate of drug-likeness (QED) is 0.512. The van der Waals surface area contributed by atoms with Crippen LogP contribution in [0.4, 0.5) is 5.69 Å². The summed E-state index contributed by atoms with van der Waals surface area (Å²) >= 11 is 1.47. The molecule has 0 atom stereocenters. The number of amides is 1. The topological polar surface area (TPSA) is 59.8 Å². The normalized spacial score (nSPS) is 14.6. The lowest BCUT2D eigenvalue weighted by atomic mass is 9.95. The summed E-state index contributed by atoms with van der Waals surface area (Å²) in [5, 5.41) is 12.9. The van der Waals surface area contributed by atoms with Gasteiger partial charge in [-0.1, -0.05) is 73.5 Å². The van der Waals surface area contributed by atoms with Crippen LogP contribution in [0.3, 0.4) is 0 Å². The number of anilines is 1. The fraction of sp³-hybridized carbons (Fsp3) is 0.375. The number of carbonyl (C=O) groups is 1. The second-order valence-electron chi connectivity index (χ2n) is 7.92. The molecule has 0 saturated heterocycles. The van der Waals surface area contributed by atoms with Gasteiger partial charge < -0.3 is 5.32 Å². The molecule has 1 saturated carbocycles. The lowest BCUT2D eigenvalue weighted by Crippen LogP contribution is -2.18. The Bertz CT molecular complexity index is 1010. The van der Waals surface area contributed by atoms with Crippen molar-refractivity contribution in [2.24, 2.45) is 0 Å². The van der Waals surface area contributed by atoms with Gasteiger partial charge in [0.1, 0.15) is 0 Å². The maximum Gasteiger partial charge on any atom is 0.234 e. The Morgan fingerprint density at radius 3 is 2.57 bits per heavy atom. The molecule has 1 heterocycles. The van der Waals surface area contributed by atoms with Crippen LogP contribution < -0.4 is 5.32 Å². The first-order valence-corrected chi connectivity index (χ1v) is 11.6. The Balaban J connectivity index is 1.53. The Morgan fingerprint density at radius 1 is 1.03 bits per heavy atom. The third-order valence-electron chi connectivity index (χ3n) is 5.85. The average Bonchev–Trinajstić information content (AvgIpc) is 3.21. The van der Waals surface area contributed by atoms with E-state index in [1.54, 1.807) is 0 Å². The van der Waals surface area contributed by atoms with E-state index < -0.39 is 0 Å². The average molecular weight is 421 g/mol. The van der Waals surface area contributed by atoms with Gasteiger partial charge in [-0.2, -0.15) is 0 Å². The molecule has 5 nitrogen and oxygen atoms in total. The third kappa shape index (κ3) is 4.59. The lowest BCUT2D eigenvalue weighted by Gasteiger charge is -2.25. The monoisotopic (exact) mass is 420 g/mol. The fourth-order valence-corrected chi connectivity index (χ4v) is 4.84. The number of carbonyl (C=O) groups excluding carboxylic acids is 1. The standard InChI is InChI=1S/C24H28N4OS/c1-17-10-9-15-21(18(17)2)25-22(29)16-30-24-27-26-23(19-11-5-3-6-12-19)28(24)20-13-7-4-8-14-20/h3,5-6,9-12,15,20H,4,7-8,13-14,16H2,1-2H3,(H,25,29). The van der Waals surface area contributed by atoms with E-state index in [1.165, 1.54) is 36.6 Å². The Morgan fingerprint density at radius 2 is 1.80 bits per heavy atom. The van der Waals surface area contributed by atoms with Crippen LogP contribution >= 0.6 is 11.8 Å². The van der Waals surface area contributed by atoms with Crippen molar-refractivity contribution in [3.8, 4) is 11.4 Å². The van der Waals surface area contributed by atoms with Crippen LogP contribution in [-0.2, 0) is 4.79 Å². The highest BCUT2D eigenvalue weighted by Gasteiger charge is 2.24. The van der Waals surface area contributed by atoms with Crippen molar-refractivity contribution in [1.82, 2.24) is 14.8 Å². The lowest BCUT2D eigenvalue weighted by molar-refractivity contribution is -0.113. The highest BCUT2D eigenvalue weighted by atomic mass is 32.2. The molecule has 0 aliphatic heterocycles. The summed E-state index contributed by atoms with van der Waals surface area (Å²) in [5.74, 6) is 1.20. The predicted molar refractivity (Wildman–Crippen MR) is 123 cm³/mol. The number of aromatic nitrogens is 3. The molecule has 3 aromatic rings. The molecule has 30 heavy (non-hydrogen) atoms. The molecule has 0 bridgehead atoms. The number of nitrogens with one attached hydrogen (secondary N) is 1. The van der Waals surface area contributed by atoms with Crippen LogP contribution in [0, 0.1) is 13.8 Å². The molecule has 1 N–H and O–H groups in total. The predicted octanol–water partition coefficient (Wildman–Crippen LogP) is 5.80. The van der Waals surface area contributed by atoms with Crippen LogP contribution in [0.1, 0.15) is 49.3 Å². The molecule has 1 aromatic heterocycles. The molecular weight excluding hydrogens is 392 g/mol. The van der Waals surface area contributed by atoms with E-state index in [-0.39, 0.29) is 5.91 Å². The molecule has 0 unspecified atom stereocenters. The van der Waals surface area contributed by atoms with Gasteiger partial charge in [-0.15, -0.1) is 10.2 Å². The van der Waals surface area contributed by atoms with Crippen molar-refractivity contribution in [3.05, 3.63) is 59.7 Å². The summed E-state index contributed by atoms with van der Waals surface area (Å²) in [7, 11) is 0. The largest absolute Gasteiger partial charge is 0.325 e. The van der Waals surface area contributed by atoms with Gasteiger partial charge in [-0.3, -0.25) is 9.36 Å². The summed E-state index contributed by atoms with van der Waals surface area (Å²) in [6, 6.07) is 16.6. The number of thioether (sulfide) groups is 1. The van der Waals surface area contributed by atoms with E-state index in [1.807, 2.05) is 37.3 Å². The van der Waals surface area contributed by atoms with Gasteiger partial charge in [-0.25, -0.2) is 0 Å². The summed E-state index contributed by atoms with van der Waals surface area (Å²) in [6.07, 6.45) is 6.03. The van der Waals surface area contributed by atoms with Gasteiger partial charge in [0.15, 0.2) is 11.0 Å². The Labute approximate surface area is 182 Å². The van der Waals surface area contributed by atoms with Crippen LogP contribution in [0.25, 0.3) is 11.4 Å². The van der Waals surface area contributed by atoms with E-state index in [9.17, 15) is 4.79 Å². The summed E-state index contributed by atoms with van der Waals surface area (Å²) in [6.45, 7) is 4.08. The summed E-state index contributed by atoms with van der Waals surface area (Å²) in [4.78, 5) is 12.6. The molecule has 6 heteroatoms. The van der Waals surface area contributed by atoms with Gasteiger partial charge in [0.05, 0.1) is 5.75 Å². The molecule has 156 valence electrons. The van der Waals surface area contributed by atoms with Gasteiger partial charge in [0.25, 0.3) is 0 Å². The Kier molecular flexibility index (Phi) is 6.53. The summed E-state index contributed by atoms with van der Waals surface area (Å²) in [5.41, 5.74) is 4.22. The molecule has 0 radical (unpaired) electrons. The zero-order valence-corrected chi connectivity index (χ0v) is 18.4. The molecule has 1 amide bonds. The number of hydrogen-bond acceptors (Lipinski definition) is 4. The smallest absolute Gasteiger partial charge is 0.234 e. The third-order valence-corrected chi connectivity index (χ3v) is 6.79. The van der Waals surface area contributed by atoms with Crippen molar-refractivity contribution in [2.75, 3.05) is 11.1 Å². The van der Waals surface area contributed by atoms with E-state index in [2.05, 4.69) is 45.2 Å². The highest BCUT2D eigenvalue weighted by Crippen LogP contribution is 2.35. The van der Waals surface area contributed by atoms with Gasteiger partial charge in [0, 0.05) is 17.3 Å². The van der Waals surface area contributed by atoms with Crippen LogP contribution in [0.15, 0.2) is 53.7 Å². The van der Waals surface area contributed by atoms with Crippen molar-refractivity contribution in [1.29, 1.82) is 0 Å². The fourth-order valence-electron chi connectivity index (χ4n) is 4.03. The molecule has 2 aromatic carbocycles. The number of aryl methyl sites for hydroxylation is 1.